The van der Waals surface area contributed by atoms with E-state index in [0.717, 1.165) is 0 Å². The summed E-state index contributed by atoms with van der Waals surface area (Å²) in [5, 5.41) is 10.8. The molecule has 0 spiro atoms. The molecule has 0 radical (unpaired) electrons. The first kappa shape index (κ1) is 14.7. The average molecular weight is 289 g/mol. The number of rotatable bonds is 4. The zero-order valence-electron chi connectivity index (χ0n) is 11.9. The van der Waals surface area contributed by atoms with Gasteiger partial charge < -0.3 is 14.9 Å². The van der Waals surface area contributed by atoms with E-state index in [-0.39, 0.29) is 5.95 Å². The molecule has 0 N–H and O–H groups in total. The molecule has 0 amide bonds. The molecule has 0 unspecified atom stereocenters. The molecule has 2 rings (SSSR count). The standard InChI is InChI=1S/C14H15N3O4/c1-14(2,11-9-15-13(16(11)3)17(19)20)21-12(18)10-7-5-4-6-8-10/h4-9H,1-3H3. The highest BCUT2D eigenvalue weighted by molar-refractivity contribution is 5.89. The molecule has 110 valence electrons. The Labute approximate surface area is 121 Å². The summed E-state index contributed by atoms with van der Waals surface area (Å²) in [5.74, 6) is -0.793. The number of imidazole rings is 1. The second kappa shape index (κ2) is 5.35. The lowest BCUT2D eigenvalue weighted by atomic mass is 10.1. The molecule has 0 aliphatic rings. The Hall–Kier alpha value is -2.70. The van der Waals surface area contributed by atoms with Crippen molar-refractivity contribution in [3.8, 4) is 0 Å². The minimum absolute atomic E-state index is 0.297. The van der Waals surface area contributed by atoms with Crippen LogP contribution in [0.2, 0.25) is 0 Å². The van der Waals surface area contributed by atoms with Gasteiger partial charge in [0.2, 0.25) is 0 Å². The maximum Gasteiger partial charge on any atom is 0.434 e. The fourth-order valence-corrected chi connectivity index (χ4v) is 2.05. The summed E-state index contributed by atoms with van der Waals surface area (Å²) in [7, 11) is 1.51. The Morgan fingerprint density at radius 2 is 1.95 bits per heavy atom. The van der Waals surface area contributed by atoms with E-state index in [0.29, 0.717) is 11.3 Å². The van der Waals surface area contributed by atoms with Crippen molar-refractivity contribution in [1.29, 1.82) is 0 Å². The monoisotopic (exact) mass is 289 g/mol. The first-order valence-electron chi connectivity index (χ1n) is 6.28. The molecular formula is C14H15N3O4. The van der Waals surface area contributed by atoms with Gasteiger partial charge >= 0.3 is 11.9 Å². The lowest BCUT2D eigenvalue weighted by Gasteiger charge is -2.23. The Balaban J connectivity index is 2.26. The Morgan fingerprint density at radius 3 is 2.48 bits per heavy atom. The average Bonchev–Trinajstić information content (AvgIpc) is 2.82. The third-order valence-electron chi connectivity index (χ3n) is 3.10. The number of carbonyl (C=O) groups excluding carboxylic acids is 1. The van der Waals surface area contributed by atoms with Crippen molar-refractivity contribution in [3.05, 3.63) is 57.9 Å². The Bertz CT molecular complexity index is 677. The topological polar surface area (TPSA) is 87.3 Å². The second-order valence-electron chi connectivity index (χ2n) is 5.03. The number of esters is 1. The number of benzene rings is 1. The number of nitrogens with zero attached hydrogens (tertiary/aromatic N) is 3. The van der Waals surface area contributed by atoms with E-state index in [4.69, 9.17) is 4.74 Å². The van der Waals surface area contributed by atoms with Crippen molar-refractivity contribution in [3.63, 3.8) is 0 Å². The lowest BCUT2D eigenvalue weighted by Crippen LogP contribution is -2.28. The number of hydrogen-bond acceptors (Lipinski definition) is 5. The van der Waals surface area contributed by atoms with Crippen LogP contribution >= 0.6 is 0 Å². The van der Waals surface area contributed by atoms with Gasteiger partial charge in [-0.25, -0.2) is 9.36 Å². The van der Waals surface area contributed by atoms with Crippen molar-refractivity contribution in [2.75, 3.05) is 0 Å². The molecule has 0 aliphatic carbocycles. The zero-order chi connectivity index (χ0) is 15.6. The molecule has 0 saturated carbocycles. The van der Waals surface area contributed by atoms with Gasteiger partial charge in [-0.1, -0.05) is 23.2 Å². The third-order valence-corrected chi connectivity index (χ3v) is 3.10. The molecule has 7 heteroatoms. The number of aromatic nitrogens is 2. The molecule has 1 aromatic heterocycles. The Kier molecular flexibility index (Phi) is 3.75. The van der Waals surface area contributed by atoms with Crippen molar-refractivity contribution in [2.24, 2.45) is 7.05 Å². The smallest absolute Gasteiger partial charge is 0.434 e. The van der Waals surface area contributed by atoms with Crippen LogP contribution in [0.15, 0.2) is 36.5 Å². The number of nitro groups is 1. The Morgan fingerprint density at radius 1 is 1.33 bits per heavy atom. The summed E-state index contributed by atoms with van der Waals surface area (Å²) >= 11 is 0. The van der Waals surface area contributed by atoms with E-state index < -0.39 is 16.5 Å². The summed E-state index contributed by atoms with van der Waals surface area (Å²) in [6.45, 7) is 3.32. The van der Waals surface area contributed by atoms with Gasteiger partial charge in [-0.2, -0.15) is 0 Å². The molecule has 1 heterocycles. The normalized spacial score (nSPS) is 11.2. The first-order chi connectivity index (χ1) is 9.83. The van der Waals surface area contributed by atoms with E-state index in [1.807, 2.05) is 0 Å². The predicted octanol–water partition coefficient (Wildman–Crippen LogP) is 2.42. The molecule has 0 atom stereocenters. The number of ether oxygens (including phenoxy) is 1. The predicted molar refractivity (Wildman–Crippen MR) is 74.7 cm³/mol. The minimum atomic E-state index is -1.04. The second-order valence-corrected chi connectivity index (χ2v) is 5.03. The highest BCUT2D eigenvalue weighted by Crippen LogP contribution is 2.28. The van der Waals surface area contributed by atoms with Gasteiger partial charge in [-0.15, -0.1) is 0 Å². The van der Waals surface area contributed by atoms with E-state index in [1.54, 1.807) is 44.2 Å². The van der Waals surface area contributed by atoms with Crippen LogP contribution in [0.25, 0.3) is 0 Å². The maximum absolute atomic E-state index is 12.1. The quantitative estimate of drug-likeness (QED) is 0.490. The fourth-order valence-electron chi connectivity index (χ4n) is 2.05. The molecule has 0 fully saturated rings. The van der Waals surface area contributed by atoms with Crippen LogP contribution < -0.4 is 0 Å². The van der Waals surface area contributed by atoms with Crippen LogP contribution in [0, 0.1) is 10.1 Å². The number of hydrogen-bond donors (Lipinski definition) is 0. The van der Waals surface area contributed by atoms with Crippen LogP contribution in [0.3, 0.4) is 0 Å². The number of carbonyl (C=O) groups is 1. The highest BCUT2D eigenvalue weighted by Gasteiger charge is 2.34. The molecule has 7 nitrogen and oxygen atoms in total. The summed E-state index contributed by atoms with van der Waals surface area (Å²) in [4.78, 5) is 26.1. The van der Waals surface area contributed by atoms with E-state index in [2.05, 4.69) is 4.98 Å². The van der Waals surface area contributed by atoms with Gasteiger partial charge in [0.15, 0.2) is 11.3 Å². The SMILES string of the molecule is Cn1c(C(C)(C)OC(=O)c2ccccc2)cnc1[N+](=O)[O-]. The third kappa shape index (κ3) is 2.91. The molecule has 0 aliphatic heterocycles. The summed E-state index contributed by atoms with van der Waals surface area (Å²) in [5.41, 5.74) is -0.177. The zero-order valence-corrected chi connectivity index (χ0v) is 11.9. The van der Waals surface area contributed by atoms with Crippen LogP contribution in [-0.2, 0) is 17.4 Å². The van der Waals surface area contributed by atoms with Gasteiger partial charge in [0.1, 0.15) is 6.20 Å². The van der Waals surface area contributed by atoms with Gasteiger partial charge in [0, 0.05) is 0 Å². The summed E-state index contributed by atoms with van der Waals surface area (Å²) in [6.07, 6.45) is 1.34. The van der Waals surface area contributed by atoms with E-state index >= 15 is 0 Å². The summed E-state index contributed by atoms with van der Waals surface area (Å²) in [6, 6.07) is 8.55. The largest absolute Gasteiger partial charge is 0.448 e. The fraction of sp³-hybridized carbons (Fsp3) is 0.286. The van der Waals surface area contributed by atoms with Crippen molar-refractivity contribution in [2.45, 2.75) is 19.4 Å². The molecular weight excluding hydrogens is 274 g/mol. The van der Waals surface area contributed by atoms with Gasteiger partial charge in [0.05, 0.1) is 12.6 Å². The van der Waals surface area contributed by atoms with E-state index in [9.17, 15) is 14.9 Å². The van der Waals surface area contributed by atoms with E-state index in [1.165, 1.54) is 17.8 Å². The van der Waals surface area contributed by atoms with Crippen molar-refractivity contribution >= 4 is 11.9 Å². The van der Waals surface area contributed by atoms with Crippen LogP contribution in [0.4, 0.5) is 5.95 Å². The molecule has 1 aromatic carbocycles. The maximum atomic E-state index is 12.1. The molecule has 21 heavy (non-hydrogen) atoms. The van der Waals surface area contributed by atoms with Crippen LogP contribution in [0.1, 0.15) is 29.9 Å². The summed E-state index contributed by atoms with van der Waals surface area (Å²) < 4.78 is 6.77. The van der Waals surface area contributed by atoms with Crippen LogP contribution in [0.5, 0.6) is 0 Å². The molecule has 0 bridgehead atoms. The van der Waals surface area contributed by atoms with Crippen LogP contribution in [-0.4, -0.2) is 20.4 Å². The lowest BCUT2D eigenvalue weighted by molar-refractivity contribution is -0.396. The van der Waals surface area contributed by atoms with Gasteiger partial charge in [0.25, 0.3) is 0 Å². The van der Waals surface area contributed by atoms with Crippen molar-refractivity contribution < 1.29 is 14.5 Å². The van der Waals surface area contributed by atoms with Crippen molar-refractivity contribution in [1.82, 2.24) is 9.55 Å². The first-order valence-corrected chi connectivity index (χ1v) is 6.28. The highest BCUT2D eigenvalue weighted by atomic mass is 16.6. The molecule has 0 saturated heterocycles. The van der Waals surface area contributed by atoms with Gasteiger partial charge in [-0.05, 0) is 30.9 Å². The molecule has 2 aromatic rings. The van der Waals surface area contributed by atoms with Gasteiger partial charge in [-0.3, -0.25) is 0 Å². The minimum Gasteiger partial charge on any atom is -0.448 e.